The summed E-state index contributed by atoms with van der Waals surface area (Å²) >= 11 is 0. The van der Waals surface area contributed by atoms with Crippen LogP contribution in [0.15, 0.2) is 0 Å². The smallest absolute Gasteiger partial charge is 0.0584 e. The minimum absolute atomic E-state index is 0.217. The Morgan fingerprint density at radius 1 is 1.46 bits per heavy atom. The molecule has 2 N–H and O–H groups in total. The van der Waals surface area contributed by atoms with Gasteiger partial charge in [0.25, 0.3) is 0 Å². The van der Waals surface area contributed by atoms with Crippen LogP contribution in [0.3, 0.4) is 0 Å². The highest BCUT2D eigenvalue weighted by atomic mass is 16.3. The largest absolute Gasteiger partial charge is 0.395 e. The molecule has 0 rings (SSSR count). The Morgan fingerprint density at radius 2 is 2.15 bits per heavy atom. The molecule has 0 radical (unpaired) electrons. The summed E-state index contributed by atoms with van der Waals surface area (Å²) in [7, 11) is 0. The first-order valence-corrected chi connectivity index (χ1v) is 4.98. The van der Waals surface area contributed by atoms with E-state index in [-0.39, 0.29) is 12.6 Å². The number of aliphatic hydroxyl groups is 1. The van der Waals surface area contributed by atoms with Crippen molar-refractivity contribution in [3.63, 3.8) is 0 Å². The monoisotopic (exact) mass is 183 g/mol. The summed E-state index contributed by atoms with van der Waals surface area (Å²) in [5.41, 5.74) is 0. The molecule has 13 heavy (non-hydrogen) atoms. The van der Waals surface area contributed by atoms with Crippen molar-refractivity contribution in [3.05, 3.63) is 0 Å². The standard InChI is InChI=1S/C11H21NO/c1-4-5-6-7-12-11(9-13)8-10(2)3/h1,10-13H,5-9H2,2-3H3. The van der Waals surface area contributed by atoms with Gasteiger partial charge in [0.1, 0.15) is 0 Å². The van der Waals surface area contributed by atoms with Crippen LogP contribution < -0.4 is 5.32 Å². The molecule has 0 heterocycles. The van der Waals surface area contributed by atoms with E-state index in [0.29, 0.717) is 5.92 Å². The third-order valence-corrected chi connectivity index (χ3v) is 1.91. The molecule has 0 aromatic heterocycles. The maximum atomic E-state index is 9.03. The molecular weight excluding hydrogens is 162 g/mol. The number of rotatable bonds is 7. The second-order valence-electron chi connectivity index (χ2n) is 3.77. The molecule has 1 unspecified atom stereocenters. The number of terminal acetylenes is 1. The Morgan fingerprint density at radius 3 is 2.62 bits per heavy atom. The third-order valence-electron chi connectivity index (χ3n) is 1.91. The molecule has 0 spiro atoms. The summed E-state index contributed by atoms with van der Waals surface area (Å²) in [4.78, 5) is 0. The Hall–Kier alpha value is -0.520. The van der Waals surface area contributed by atoms with Gasteiger partial charge in [-0.25, -0.2) is 0 Å². The Balaban J connectivity index is 3.43. The number of nitrogens with one attached hydrogen (secondary N) is 1. The first kappa shape index (κ1) is 12.5. The zero-order chi connectivity index (χ0) is 10.1. The van der Waals surface area contributed by atoms with Gasteiger partial charge >= 0.3 is 0 Å². The van der Waals surface area contributed by atoms with Gasteiger partial charge in [-0.15, -0.1) is 12.3 Å². The van der Waals surface area contributed by atoms with E-state index in [1.807, 2.05) is 0 Å². The van der Waals surface area contributed by atoms with Gasteiger partial charge in [0.15, 0.2) is 0 Å². The van der Waals surface area contributed by atoms with Gasteiger partial charge in [-0.1, -0.05) is 13.8 Å². The van der Waals surface area contributed by atoms with Gasteiger partial charge in [0, 0.05) is 12.5 Å². The molecule has 0 aromatic rings. The number of unbranched alkanes of at least 4 members (excludes halogenated alkanes) is 1. The van der Waals surface area contributed by atoms with Crippen molar-refractivity contribution in [1.82, 2.24) is 5.32 Å². The highest BCUT2D eigenvalue weighted by Crippen LogP contribution is 2.03. The van der Waals surface area contributed by atoms with Crippen molar-refractivity contribution in [2.45, 2.75) is 39.2 Å². The molecule has 2 heteroatoms. The fourth-order valence-corrected chi connectivity index (χ4v) is 1.29. The van der Waals surface area contributed by atoms with Crippen LogP contribution in [-0.4, -0.2) is 24.3 Å². The van der Waals surface area contributed by atoms with Gasteiger partial charge in [0.05, 0.1) is 6.61 Å². The van der Waals surface area contributed by atoms with Crippen LogP contribution >= 0.6 is 0 Å². The van der Waals surface area contributed by atoms with E-state index in [9.17, 15) is 0 Å². The van der Waals surface area contributed by atoms with Crippen molar-refractivity contribution in [2.24, 2.45) is 5.92 Å². The minimum atomic E-state index is 0.217. The second kappa shape index (κ2) is 8.10. The van der Waals surface area contributed by atoms with Gasteiger partial charge < -0.3 is 10.4 Å². The topological polar surface area (TPSA) is 32.3 Å². The second-order valence-corrected chi connectivity index (χ2v) is 3.77. The zero-order valence-electron chi connectivity index (χ0n) is 8.71. The third kappa shape index (κ3) is 7.83. The molecular formula is C11H21NO. The van der Waals surface area contributed by atoms with Gasteiger partial charge in [0.2, 0.25) is 0 Å². The SMILES string of the molecule is C#CCCCNC(CO)CC(C)C. The fourth-order valence-electron chi connectivity index (χ4n) is 1.29. The predicted molar refractivity (Wildman–Crippen MR) is 56.4 cm³/mol. The van der Waals surface area contributed by atoms with Crippen molar-refractivity contribution < 1.29 is 5.11 Å². The van der Waals surface area contributed by atoms with Crippen LogP contribution in [0, 0.1) is 18.3 Å². The summed E-state index contributed by atoms with van der Waals surface area (Å²) in [5.74, 6) is 3.22. The molecule has 0 aromatic carbocycles. The highest BCUT2D eigenvalue weighted by molar-refractivity contribution is 4.83. The molecule has 0 aliphatic rings. The fraction of sp³-hybridized carbons (Fsp3) is 0.818. The molecule has 0 aliphatic heterocycles. The van der Waals surface area contributed by atoms with Crippen LogP contribution in [-0.2, 0) is 0 Å². The van der Waals surface area contributed by atoms with E-state index < -0.39 is 0 Å². The lowest BCUT2D eigenvalue weighted by molar-refractivity contribution is 0.224. The summed E-state index contributed by atoms with van der Waals surface area (Å²) in [6.45, 7) is 5.44. The molecule has 0 saturated carbocycles. The molecule has 1 atom stereocenters. The maximum Gasteiger partial charge on any atom is 0.0584 e. The normalized spacial score (nSPS) is 12.8. The van der Waals surface area contributed by atoms with Crippen LogP contribution in [0.4, 0.5) is 0 Å². The van der Waals surface area contributed by atoms with Gasteiger partial charge in [-0.05, 0) is 25.3 Å². The van der Waals surface area contributed by atoms with E-state index in [1.165, 1.54) is 0 Å². The van der Waals surface area contributed by atoms with Crippen molar-refractivity contribution in [2.75, 3.05) is 13.2 Å². The molecule has 0 bridgehead atoms. The van der Waals surface area contributed by atoms with E-state index in [1.54, 1.807) is 0 Å². The maximum absolute atomic E-state index is 9.03. The lowest BCUT2D eigenvalue weighted by atomic mass is 10.0. The van der Waals surface area contributed by atoms with Crippen molar-refractivity contribution in [1.29, 1.82) is 0 Å². The molecule has 0 amide bonds. The summed E-state index contributed by atoms with van der Waals surface area (Å²) in [6, 6.07) is 0.234. The van der Waals surface area contributed by atoms with Crippen LogP contribution in [0.1, 0.15) is 33.1 Å². The van der Waals surface area contributed by atoms with E-state index >= 15 is 0 Å². The van der Waals surface area contributed by atoms with E-state index in [2.05, 4.69) is 25.1 Å². The van der Waals surface area contributed by atoms with Crippen LogP contribution in [0.2, 0.25) is 0 Å². The average Bonchev–Trinajstić information content (AvgIpc) is 2.09. The first-order chi connectivity index (χ1) is 6.20. The predicted octanol–water partition coefficient (Wildman–Crippen LogP) is 1.40. The number of aliphatic hydroxyl groups excluding tert-OH is 1. The summed E-state index contributed by atoms with van der Waals surface area (Å²) in [5, 5.41) is 12.3. The van der Waals surface area contributed by atoms with E-state index in [0.717, 1.165) is 25.8 Å². The molecule has 0 aliphatic carbocycles. The van der Waals surface area contributed by atoms with Crippen molar-refractivity contribution in [3.8, 4) is 12.3 Å². The van der Waals surface area contributed by atoms with Crippen LogP contribution in [0.5, 0.6) is 0 Å². The highest BCUT2D eigenvalue weighted by Gasteiger charge is 2.07. The lowest BCUT2D eigenvalue weighted by Crippen LogP contribution is -2.34. The van der Waals surface area contributed by atoms with Gasteiger partial charge in [-0.2, -0.15) is 0 Å². The molecule has 0 fully saturated rings. The zero-order valence-corrected chi connectivity index (χ0v) is 8.71. The quantitative estimate of drug-likeness (QED) is 0.462. The summed E-state index contributed by atoms with van der Waals surface area (Å²) in [6.07, 6.45) is 7.96. The minimum Gasteiger partial charge on any atom is -0.395 e. The molecule has 76 valence electrons. The Kier molecular flexibility index (Phi) is 7.77. The number of hydrogen-bond donors (Lipinski definition) is 2. The molecule has 2 nitrogen and oxygen atoms in total. The first-order valence-electron chi connectivity index (χ1n) is 4.98. The van der Waals surface area contributed by atoms with Crippen molar-refractivity contribution >= 4 is 0 Å². The number of hydrogen-bond acceptors (Lipinski definition) is 2. The lowest BCUT2D eigenvalue weighted by Gasteiger charge is -2.17. The Labute approximate surface area is 81.7 Å². The Bertz CT molecular complexity index is 149. The average molecular weight is 183 g/mol. The summed E-state index contributed by atoms with van der Waals surface area (Å²) < 4.78 is 0. The van der Waals surface area contributed by atoms with Gasteiger partial charge in [-0.3, -0.25) is 0 Å². The molecule has 0 saturated heterocycles. The van der Waals surface area contributed by atoms with E-state index in [4.69, 9.17) is 11.5 Å². The van der Waals surface area contributed by atoms with Crippen LogP contribution in [0.25, 0.3) is 0 Å².